The van der Waals surface area contributed by atoms with Gasteiger partial charge in [-0.25, -0.2) is 0 Å². The normalized spacial score (nSPS) is 20.9. The number of β-amino-alcohol motifs (C(OH)–C–C–N with tert-alkyl or cyclic N) is 1. The molecular weight excluding hydrogens is 372 g/mol. The quantitative estimate of drug-likeness (QED) is 0.712. The zero-order valence-electron chi connectivity index (χ0n) is 17.3. The third kappa shape index (κ3) is 7.14. The molecule has 158 valence electrons. The van der Waals surface area contributed by atoms with Crippen LogP contribution in [0.3, 0.4) is 0 Å². The maximum Gasteiger partial charge on any atom is 0.127 e. The standard InChI is InChI=1S/C22H36N2O3S/c1-26-21-8-7-19(16-24-11-13-28-14-12-24)22(15-21)27-18-20(25)17-23-9-5-3-2-4-6-10-23/h7-8,15,20,25H,2-6,9-14,16-18H2,1H3. The lowest BCUT2D eigenvalue weighted by Crippen LogP contribution is -2.37. The van der Waals surface area contributed by atoms with Gasteiger partial charge in [0.25, 0.3) is 0 Å². The van der Waals surface area contributed by atoms with E-state index in [2.05, 4.69) is 15.9 Å². The number of nitrogens with zero attached hydrogens (tertiary/aromatic N) is 2. The van der Waals surface area contributed by atoms with Crippen molar-refractivity contribution in [3.8, 4) is 11.5 Å². The average Bonchev–Trinajstić information content (AvgIpc) is 2.70. The van der Waals surface area contributed by atoms with Gasteiger partial charge in [0.15, 0.2) is 0 Å². The highest BCUT2D eigenvalue weighted by Crippen LogP contribution is 2.27. The van der Waals surface area contributed by atoms with Crippen LogP contribution in [-0.2, 0) is 6.54 Å². The van der Waals surface area contributed by atoms with Gasteiger partial charge in [0.1, 0.15) is 24.2 Å². The van der Waals surface area contributed by atoms with Gasteiger partial charge in [-0.2, -0.15) is 11.8 Å². The number of hydrogen-bond donors (Lipinski definition) is 1. The molecule has 0 spiro atoms. The lowest BCUT2D eigenvalue weighted by molar-refractivity contribution is 0.0647. The number of aliphatic hydroxyl groups excluding tert-OH is 1. The molecule has 0 aliphatic carbocycles. The number of rotatable bonds is 8. The minimum Gasteiger partial charge on any atom is -0.497 e. The summed E-state index contributed by atoms with van der Waals surface area (Å²) in [6.07, 6.45) is 5.98. The van der Waals surface area contributed by atoms with Crippen LogP contribution in [0.15, 0.2) is 18.2 Å². The molecule has 2 saturated heterocycles. The Kier molecular flexibility index (Phi) is 9.25. The summed E-state index contributed by atoms with van der Waals surface area (Å²) < 4.78 is 11.5. The summed E-state index contributed by atoms with van der Waals surface area (Å²) in [6, 6.07) is 6.05. The average molecular weight is 409 g/mol. The van der Waals surface area contributed by atoms with Crippen LogP contribution in [-0.4, -0.2) is 79.0 Å². The molecule has 2 aliphatic rings. The third-order valence-electron chi connectivity index (χ3n) is 5.62. The van der Waals surface area contributed by atoms with Gasteiger partial charge in [-0.05, 0) is 32.0 Å². The fraction of sp³-hybridized carbons (Fsp3) is 0.727. The van der Waals surface area contributed by atoms with Crippen LogP contribution in [0.1, 0.15) is 37.7 Å². The summed E-state index contributed by atoms with van der Waals surface area (Å²) in [4.78, 5) is 4.87. The predicted molar refractivity (Wildman–Crippen MR) is 117 cm³/mol. The number of likely N-dealkylation sites (tertiary alicyclic amines) is 1. The molecule has 1 aromatic carbocycles. The molecule has 2 aliphatic heterocycles. The lowest BCUT2D eigenvalue weighted by atomic mass is 10.1. The molecule has 1 N–H and O–H groups in total. The minimum absolute atomic E-state index is 0.326. The highest BCUT2D eigenvalue weighted by atomic mass is 32.2. The number of methoxy groups -OCH3 is 1. The van der Waals surface area contributed by atoms with Crippen molar-refractivity contribution in [3.05, 3.63) is 23.8 Å². The van der Waals surface area contributed by atoms with Crippen molar-refractivity contribution in [1.29, 1.82) is 0 Å². The first-order chi connectivity index (χ1) is 13.7. The Balaban J connectivity index is 1.55. The Bertz CT molecular complexity index is 573. The van der Waals surface area contributed by atoms with Crippen molar-refractivity contribution in [1.82, 2.24) is 9.80 Å². The summed E-state index contributed by atoms with van der Waals surface area (Å²) in [5.74, 6) is 4.03. The van der Waals surface area contributed by atoms with E-state index in [4.69, 9.17) is 9.47 Å². The molecule has 0 aromatic heterocycles. The lowest BCUT2D eigenvalue weighted by Gasteiger charge is -2.28. The topological polar surface area (TPSA) is 45.2 Å². The number of thioether (sulfide) groups is 1. The highest BCUT2D eigenvalue weighted by molar-refractivity contribution is 7.99. The number of aliphatic hydroxyl groups is 1. The summed E-state index contributed by atoms with van der Waals surface area (Å²) in [6.45, 7) is 6.33. The Labute approximate surface area is 174 Å². The molecule has 6 heteroatoms. The van der Waals surface area contributed by atoms with Gasteiger partial charge in [-0.15, -0.1) is 0 Å². The van der Waals surface area contributed by atoms with E-state index < -0.39 is 6.10 Å². The zero-order chi connectivity index (χ0) is 19.6. The number of benzene rings is 1. The summed E-state index contributed by atoms with van der Waals surface area (Å²) in [7, 11) is 1.68. The molecule has 0 bridgehead atoms. The van der Waals surface area contributed by atoms with Crippen LogP contribution >= 0.6 is 11.8 Å². The van der Waals surface area contributed by atoms with Crippen molar-refractivity contribution in [2.45, 2.75) is 44.8 Å². The zero-order valence-corrected chi connectivity index (χ0v) is 18.1. The van der Waals surface area contributed by atoms with E-state index in [1.54, 1.807) is 7.11 Å². The van der Waals surface area contributed by atoms with Crippen molar-refractivity contribution in [3.63, 3.8) is 0 Å². The van der Waals surface area contributed by atoms with Gasteiger partial charge in [0.2, 0.25) is 0 Å². The Morgan fingerprint density at radius 3 is 2.43 bits per heavy atom. The van der Waals surface area contributed by atoms with Gasteiger partial charge < -0.3 is 19.5 Å². The van der Waals surface area contributed by atoms with E-state index in [-0.39, 0.29) is 0 Å². The molecule has 1 unspecified atom stereocenters. The Morgan fingerprint density at radius 1 is 1.00 bits per heavy atom. The van der Waals surface area contributed by atoms with Crippen LogP contribution in [0.25, 0.3) is 0 Å². The SMILES string of the molecule is COc1ccc(CN2CCSCC2)c(OCC(O)CN2CCCCCCC2)c1. The van der Waals surface area contributed by atoms with E-state index in [0.717, 1.165) is 44.2 Å². The van der Waals surface area contributed by atoms with Gasteiger partial charge in [-0.3, -0.25) is 4.90 Å². The molecule has 28 heavy (non-hydrogen) atoms. The first-order valence-corrected chi connectivity index (χ1v) is 11.9. The largest absolute Gasteiger partial charge is 0.497 e. The molecule has 5 nitrogen and oxygen atoms in total. The number of hydrogen-bond acceptors (Lipinski definition) is 6. The fourth-order valence-corrected chi connectivity index (χ4v) is 4.94. The smallest absolute Gasteiger partial charge is 0.127 e. The second-order valence-electron chi connectivity index (χ2n) is 7.90. The van der Waals surface area contributed by atoms with E-state index in [0.29, 0.717) is 13.2 Å². The third-order valence-corrected chi connectivity index (χ3v) is 6.56. The first-order valence-electron chi connectivity index (χ1n) is 10.7. The van der Waals surface area contributed by atoms with Crippen molar-refractivity contribution >= 4 is 11.8 Å². The van der Waals surface area contributed by atoms with Gasteiger partial charge in [0.05, 0.1) is 7.11 Å². The molecule has 0 saturated carbocycles. The summed E-state index contributed by atoms with van der Waals surface area (Å²) in [5.41, 5.74) is 1.17. The monoisotopic (exact) mass is 408 g/mol. The molecule has 3 rings (SSSR count). The Hall–Kier alpha value is -0.950. The Morgan fingerprint density at radius 2 is 1.71 bits per heavy atom. The summed E-state index contributed by atoms with van der Waals surface area (Å²) >= 11 is 2.02. The van der Waals surface area contributed by atoms with Crippen LogP contribution in [0.4, 0.5) is 0 Å². The fourth-order valence-electron chi connectivity index (χ4n) is 3.96. The van der Waals surface area contributed by atoms with Gasteiger partial charge in [0, 0.05) is 49.3 Å². The van der Waals surface area contributed by atoms with E-state index >= 15 is 0 Å². The van der Waals surface area contributed by atoms with Crippen LogP contribution in [0.2, 0.25) is 0 Å². The van der Waals surface area contributed by atoms with E-state index in [9.17, 15) is 5.11 Å². The molecule has 2 heterocycles. The maximum absolute atomic E-state index is 10.6. The molecule has 1 atom stereocenters. The van der Waals surface area contributed by atoms with Crippen LogP contribution in [0.5, 0.6) is 11.5 Å². The minimum atomic E-state index is -0.468. The van der Waals surface area contributed by atoms with E-state index in [1.807, 2.05) is 23.9 Å². The van der Waals surface area contributed by atoms with Crippen molar-refractivity contribution in [2.75, 3.05) is 57.9 Å². The van der Waals surface area contributed by atoms with Crippen LogP contribution in [0, 0.1) is 0 Å². The predicted octanol–water partition coefficient (Wildman–Crippen LogP) is 3.25. The second-order valence-corrected chi connectivity index (χ2v) is 9.12. The number of ether oxygens (including phenoxy) is 2. The van der Waals surface area contributed by atoms with Gasteiger partial charge in [-0.1, -0.05) is 25.3 Å². The van der Waals surface area contributed by atoms with Gasteiger partial charge >= 0.3 is 0 Å². The maximum atomic E-state index is 10.6. The van der Waals surface area contributed by atoms with Crippen LogP contribution < -0.4 is 9.47 Å². The first kappa shape index (κ1) is 21.8. The van der Waals surface area contributed by atoms with Crippen molar-refractivity contribution < 1.29 is 14.6 Å². The van der Waals surface area contributed by atoms with E-state index in [1.165, 1.54) is 49.2 Å². The highest BCUT2D eigenvalue weighted by Gasteiger charge is 2.17. The molecular formula is C22H36N2O3S. The second kappa shape index (κ2) is 11.9. The molecule has 0 amide bonds. The summed E-state index contributed by atoms with van der Waals surface area (Å²) in [5, 5.41) is 10.6. The molecule has 1 aromatic rings. The molecule has 2 fully saturated rings. The van der Waals surface area contributed by atoms with Crippen molar-refractivity contribution in [2.24, 2.45) is 0 Å². The molecule has 0 radical (unpaired) electrons.